The molecule has 1 heterocycles. The standard InChI is InChI=1S/C37H30N4O5S2/c1-45-32-17-16-24(19-33(32)46-2)18-31(40-35(43)26-12-7-4-8-13-26)36(44)39-27-14-9-15-28(20-27)47-23-34(42)41-37-29(21-38)30(22-48-37)25-10-5-3-6-11-25/h3-20,22H,23H2,1-2H3,(H,39,44)(H,40,43)(H,41,42)/b31-18+. The van der Waals surface area contributed by atoms with Crippen LogP contribution in [0, 0.1) is 11.3 Å². The van der Waals surface area contributed by atoms with Gasteiger partial charge in [0.2, 0.25) is 5.91 Å². The van der Waals surface area contributed by atoms with Gasteiger partial charge in [-0.05, 0) is 59.7 Å². The van der Waals surface area contributed by atoms with Crippen molar-refractivity contribution >= 4 is 57.6 Å². The Balaban J connectivity index is 1.28. The molecular formula is C37H30N4O5S2. The molecule has 0 saturated heterocycles. The van der Waals surface area contributed by atoms with Crippen molar-refractivity contribution in [2.75, 3.05) is 30.6 Å². The van der Waals surface area contributed by atoms with E-state index < -0.39 is 11.8 Å². The maximum atomic E-state index is 13.6. The number of amides is 3. The zero-order valence-corrected chi connectivity index (χ0v) is 27.6. The number of nitrogens with one attached hydrogen (secondary N) is 3. The molecule has 0 unspecified atom stereocenters. The summed E-state index contributed by atoms with van der Waals surface area (Å²) in [6, 6.07) is 32.5. The molecule has 0 spiro atoms. The summed E-state index contributed by atoms with van der Waals surface area (Å²) in [4.78, 5) is 40.2. The first-order chi connectivity index (χ1) is 23.4. The molecule has 3 N–H and O–H groups in total. The van der Waals surface area contributed by atoms with Gasteiger partial charge in [0, 0.05) is 27.1 Å². The summed E-state index contributed by atoms with van der Waals surface area (Å²) in [5.41, 5.74) is 3.56. The molecule has 0 radical (unpaired) electrons. The van der Waals surface area contributed by atoms with Crippen molar-refractivity contribution < 1.29 is 23.9 Å². The number of thioether (sulfide) groups is 1. The second-order valence-corrected chi connectivity index (χ2v) is 12.1. The third-order valence-corrected chi connectivity index (χ3v) is 8.84. The number of carbonyl (C=O) groups is 3. The highest BCUT2D eigenvalue weighted by Gasteiger charge is 2.18. The third-order valence-electron chi connectivity index (χ3n) is 6.95. The predicted molar refractivity (Wildman–Crippen MR) is 190 cm³/mol. The molecule has 0 aliphatic rings. The molecule has 3 amide bonds. The van der Waals surface area contributed by atoms with E-state index >= 15 is 0 Å². The second kappa shape index (κ2) is 16.1. The minimum atomic E-state index is -0.551. The van der Waals surface area contributed by atoms with Gasteiger partial charge < -0.3 is 25.4 Å². The molecule has 9 nitrogen and oxygen atoms in total. The van der Waals surface area contributed by atoms with Gasteiger partial charge in [-0.3, -0.25) is 14.4 Å². The van der Waals surface area contributed by atoms with Crippen molar-refractivity contribution in [3.05, 3.63) is 131 Å². The van der Waals surface area contributed by atoms with Crippen LogP contribution in [0.15, 0.2) is 119 Å². The van der Waals surface area contributed by atoms with Crippen LogP contribution < -0.4 is 25.4 Å². The number of methoxy groups -OCH3 is 2. The molecule has 5 aromatic rings. The van der Waals surface area contributed by atoms with E-state index in [1.165, 1.54) is 37.3 Å². The Morgan fingerprint density at radius 3 is 2.29 bits per heavy atom. The van der Waals surface area contributed by atoms with Gasteiger partial charge >= 0.3 is 0 Å². The van der Waals surface area contributed by atoms with Gasteiger partial charge in [-0.15, -0.1) is 23.1 Å². The number of hydrogen-bond acceptors (Lipinski definition) is 8. The van der Waals surface area contributed by atoms with Gasteiger partial charge in [-0.1, -0.05) is 60.7 Å². The van der Waals surface area contributed by atoms with E-state index in [9.17, 15) is 19.6 Å². The Hall–Kier alpha value is -5.83. The maximum Gasteiger partial charge on any atom is 0.272 e. The van der Waals surface area contributed by atoms with Crippen molar-refractivity contribution in [2.24, 2.45) is 0 Å². The van der Waals surface area contributed by atoms with Crippen molar-refractivity contribution in [3.8, 4) is 28.7 Å². The van der Waals surface area contributed by atoms with E-state index in [-0.39, 0.29) is 17.4 Å². The number of hydrogen-bond donors (Lipinski definition) is 3. The molecule has 240 valence electrons. The van der Waals surface area contributed by atoms with E-state index in [1.54, 1.807) is 72.8 Å². The number of rotatable bonds is 12. The number of thiophene rings is 1. The molecule has 0 aliphatic carbocycles. The minimum absolute atomic E-state index is 0.00706. The van der Waals surface area contributed by atoms with Crippen LogP contribution >= 0.6 is 23.1 Å². The van der Waals surface area contributed by atoms with E-state index in [0.29, 0.717) is 38.9 Å². The number of benzene rings is 4. The first kappa shape index (κ1) is 33.5. The molecule has 4 aromatic carbocycles. The lowest BCUT2D eigenvalue weighted by atomic mass is 10.1. The van der Waals surface area contributed by atoms with Gasteiger partial charge in [0.25, 0.3) is 11.8 Å². The molecule has 5 rings (SSSR count). The highest BCUT2D eigenvalue weighted by molar-refractivity contribution is 8.00. The number of ether oxygens (including phenoxy) is 2. The van der Waals surface area contributed by atoms with Crippen molar-refractivity contribution in [2.45, 2.75) is 4.90 Å². The zero-order valence-electron chi connectivity index (χ0n) is 26.0. The van der Waals surface area contributed by atoms with E-state index in [0.717, 1.165) is 16.0 Å². The van der Waals surface area contributed by atoms with Crippen LogP contribution in [-0.4, -0.2) is 37.7 Å². The Morgan fingerprint density at radius 2 is 1.58 bits per heavy atom. The lowest BCUT2D eigenvalue weighted by Crippen LogP contribution is -2.30. The smallest absolute Gasteiger partial charge is 0.272 e. The average molecular weight is 675 g/mol. The molecule has 0 atom stereocenters. The van der Waals surface area contributed by atoms with E-state index in [1.807, 2.05) is 41.8 Å². The number of carbonyl (C=O) groups excluding carboxylic acids is 3. The monoisotopic (exact) mass is 674 g/mol. The number of anilines is 2. The molecule has 48 heavy (non-hydrogen) atoms. The normalized spacial score (nSPS) is 10.8. The SMILES string of the molecule is COc1ccc(/C=C(/NC(=O)c2ccccc2)C(=O)Nc2cccc(SCC(=O)Nc3scc(-c4ccccc4)c3C#N)c2)cc1OC. The first-order valence-corrected chi connectivity index (χ1v) is 16.5. The highest BCUT2D eigenvalue weighted by atomic mass is 32.2. The largest absolute Gasteiger partial charge is 0.493 e. The molecule has 0 fully saturated rings. The quantitative estimate of drug-likeness (QED) is 0.0926. The van der Waals surface area contributed by atoms with Gasteiger partial charge in [-0.25, -0.2) is 0 Å². The van der Waals surface area contributed by atoms with Crippen LogP contribution in [0.1, 0.15) is 21.5 Å². The lowest BCUT2D eigenvalue weighted by Gasteiger charge is -2.13. The minimum Gasteiger partial charge on any atom is -0.493 e. The third kappa shape index (κ3) is 8.50. The van der Waals surface area contributed by atoms with Gasteiger partial charge in [0.05, 0.1) is 25.5 Å². The van der Waals surface area contributed by atoms with Gasteiger partial charge in [0.1, 0.15) is 16.8 Å². The molecule has 11 heteroatoms. The lowest BCUT2D eigenvalue weighted by molar-refractivity contribution is -0.114. The fraction of sp³-hybridized carbons (Fsp3) is 0.0811. The van der Waals surface area contributed by atoms with Crippen LogP contribution in [0.4, 0.5) is 10.7 Å². The fourth-order valence-electron chi connectivity index (χ4n) is 4.62. The van der Waals surface area contributed by atoms with Gasteiger partial charge in [0.15, 0.2) is 11.5 Å². The van der Waals surface area contributed by atoms with Gasteiger partial charge in [-0.2, -0.15) is 5.26 Å². The molecule has 0 bridgehead atoms. The summed E-state index contributed by atoms with van der Waals surface area (Å²) >= 11 is 2.59. The van der Waals surface area contributed by atoms with Crippen LogP contribution in [0.3, 0.4) is 0 Å². The Labute approximate surface area is 286 Å². The van der Waals surface area contributed by atoms with E-state index in [2.05, 4.69) is 22.0 Å². The topological polar surface area (TPSA) is 130 Å². The number of nitriles is 1. The van der Waals surface area contributed by atoms with Crippen LogP contribution in [-0.2, 0) is 9.59 Å². The fourth-order valence-corrected chi connectivity index (χ4v) is 6.31. The Morgan fingerprint density at radius 1 is 0.854 bits per heavy atom. The average Bonchev–Trinajstić information content (AvgIpc) is 3.53. The maximum absolute atomic E-state index is 13.6. The van der Waals surface area contributed by atoms with E-state index in [4.69, 9.17) is 9.47 Å². The summed E-state index contributed by atoms with van der Waals surface area (Å²) < 4.78 is 10.7. The van der Waals surface area contributed by atoms with Crippen LogP contribution in [0.5, 0.6) is 11.5 Å². The first-order valence-electron chi connectivity index (χ1n) is 14.6. The molecule has 0 aliphatic heterocycles. The molecule has 1 aromatic heterocycles. The molecular weight excluding hydrogens is 645 g/mol. The highest BCUT2D eigenvalue weighted by Crippen LogP contribution is 2.35. The predicted octanol–water partition coefficient (Wildman–Crippen LogP) is 7.44. The summed E-state index contributed by atoms with van der Waals surface area (Å²) in [5, 5.41) is 20.6. The summed E-state index contributed by atoms with van der Waals surface area (Å²) in [6.07, 6.45) is 1.55. The molecule has 0 saturated carbocycles. The Bertz CT molecular complexity index is 2000. The summed E-state index contributed by atoms with van der Waals surface area (Å²) in [7, 11) is 3.04. The summed E-state index contributed by atoms with van der Waals surface area (Å²) in [6.45, 7) is 0. The summed E-state index contributed by atoms with van der Waals surface area (Å²) in [5.74, 6) is -0.197. The second-order valence-electron chi connectivity index (χ2n) is 10.1. The number of nitrogens with zero attached hydrogens (tertiary/aromatic N) is 1. The van der Waals surface area contributed by atoms with Crippen molar-refractivity contribution in [1.29, 1.82) is 5.26 Å². The van der Waals surface area contributed by atoms with Crippen molar-refractivity contribution in [3.63, 3.8) is 0 Å². The zero-order chi connectivity index (χ0) is 33.9. The van der Waals surface area contributed by atoms with Crippen LogP contribution in [0.2, 0.25) is 0 Å². The van der Waals surface area contributed by atoms with Crippen molar-refractivity contribution in [1.82, 2.24) is 5.32 Å². The van der Waals surface area contributed by atoms with Crippen LogP contribution in [0.25, 0.3) is 17.2 Å². The Kier molecular flexibility index (Phi) is 11.3.